The second kappa shape index (κ2) is 7.46. The van der Waals surface area contributed by atoms with E-state index in [1.165, 1.54) is 0 Å². The van der Waals surface area contributed by atoms with Gasteiger partial charge in [-0.25, -0.2) is 9.97 Å². The Labute approximate surface area is 184 Å². The summed E-state index contributed by atoms with van der Waals surface area (Å²) in [6.07, 6.45) is 8.24. The number of amides is 1. The molecule has 0 bridgehead atoms. The Balaban J connectivity index is 1.34. The first-order valence-electron chi connectivity index (χ1n) is 10.6. The summed E-state index contributed by atoms with van der Waals surface area (Å²) in [5.74, 6) is 0.524. The van der Waals surface area contributed by atoms with Gasteiger partial charge in [-0.2, -0.15) is 0 Å². The molecule has 0 atom stereocenters. The molecule has 1 aromatic carbocycles. The molecule has 7 nitrogen and oxygen atoms in total. The summed E-state index contributed by atoms with van der Waals surface area (Å²) in [6, 6.07) is 17.8. The van der Waals surface area contributed by atoms with Gasteiger partial charge in [0.15, 0.2) is 0 Å². The summed E-state index contributed by atoms with van der Waals surface area (Å²) in [5, 5.41) is 1.03. The van der Waals surface area contributed by atoms with E-state index in [1.54, 1.807) is 11.1 Å². The van der Waals surface area contributed by atoms with Gasteiger partial charge in [-0.15, -0.1) is 0 Å². The monoisotopic (exact) mass is 420 g/mol. The molecule has 1 aliphatic heterocycles. The number of aromatic amines is 1. The highest BCUT2D eigenvalue weighted by Crippen LogP contribution is 2.28. The minimum Gasteiger partial charge on any atom is -0.346 e. The molecule has 0 unspecified atom stereocenters. The fourth-order valence-corrected chi connectivity index (χ4v) is 4.19. The van der Waals surface area contributed by atoms with Gasteiger partial charge in [-0.05, 0) is 36.2 Å². The van der Waals surface area contributed by atoms with Crippen LogP contribution in [0, 0.1) is 0 Å². The van der Waals surface area contributed by atoms with Gasteiger partial charge in [0.05, 0.1) is 5.69 Å². The summed E-state index contributed by atoms with van der Waals surface area (Å²) >= 11 is 0. The van der Waals surface area contributed by atoms with Crippen LogP contribution in [0.15, 0.2) is 79.4 Å². The van der Waals surface area contributed by atoms with Crippen LogP contribution in [0.1, 0.15) is 16.9 Å². The van der Waals surface area contributed by atoms with E-state index in [2.05, 4.69) is 25.6 Å². The van der Waals surface area contributed by atoms with E-state index in [0.29, 0.717) is 18.2 Å². The van der Waals surface area contributed by atoms with Gasteiger partial charge in [0.25, 0.3) is 5.91 Å². The fourth-order valence-electron chi connectivity index (χ4n) is 4.19. The Morgan fingerprint density at radius 3 is 2.75 bits per heavy atom. The lowest BCUT2D eigenvalue weighted by molar-refractivity contribution is 0.0976. The summed E-state index contributed by atoms with van der Waals surface area (Å²) < 4.78 is 2.05. The second-order valence-corrected chi connectivity index (χ2v) is 7.87. The minimum atomic E-state index is -0.145. The van der Waals surface area contributed by atoms with E-state index in [-0.39, 0.29) is 5.91 Å². The molecule has 0 fully saturated rings. The number of anilines is 1. The number of carbonyl (C=O) groups excluding carboxylic acids is 1. The van der Waals surface area contributed by atoms with Gasteiger partial charge < -0.3 is 9.55 Å². The van der Waals surface area contributed by atoms with Crippen molar-refractivity contribution in [1.29, 1.82) is 0 Å². The molecule has 1 amide bonds. The van der Waals surface area contributed by atoms with Crippen molar-refractivity contribution in [2.75, 3.05) is 11.4 Å². The maximum atomic E-state index is 13.5. The van der Waals surface area contributed by atoms with E-state index in [9.17, 15) is 4.79 Å². The van der Waals surface area contributed by atoms with Gasteiger partial charge in [0.2, 0.25) is 5.95 Å². The van der Waals surface area contributed by atoms with Crippen molar-refractivity contribution in [3.8, 4) is 22.4 Å². The zero-order valence-electron chi connectivity index (χ0n) is 17.3. The second-order valence-electron chi connectivity index (χ2n) is 7.87. The molecule has 0 radical (unpaired) electrons. The van der Waals surface area contributed by atoms with Crippen LogP contribution in [0.4, 0.5) is 5.95 Å². The molecule has 7 heteroatoms. The zero-order valence-corrected chi connectivity index (χ0v) is 17.3. The van der Waals surface area contributed by atoms with Crippen LogP contribution in [0.25, 0.3) is 33.4 Å². The largest absolute Gasteiger partial charge is 0.346 e. The number of aryl methyl sites for hydroxylation is 1. The van der Waals surface area contributed by atoms with Gasteiger partial charge >= 0.3 is 0 Å². The molecule has 1 N–H and O–H groups in total. The number of hydrogen-bond donors (Lipinski definition) is 1. The molecule has 1 aliphatic rings. The molecular formula is C25H20N6O. The van der Waals surface area contributed by atoms with Crippen molar-refractivity contribution in [3.05, 3.63) is 85.1 Å². The molecule has 156 valence electrons. The van der Waals surface area contributed by atoms with Crippen LogP contribution in [0.3, 0.4) is 0 Å². The molecule has 5 heterocycles. The summed E-state index contributed by atoms with van der Waals surface area (Å²) in [6.45, 7) is 1.46. The van der Waals surface area contributed by atoms with Gasteiger partial charge in [0.1, 0.15) is 11.3 Å². The van der Waals surface area contributed by atoms with Crippen molar-refractivity contribution >= 4 is 22.9 Å². The number of benzene rings is 1. The molecule has 0 saturated heterocycles. The average Bonchev–Trinajstić information content (AvgIpc) is 3.50. The van der Waals surface area contributed by atoms with E-state index in [0.717, 1.165) is 46.4 Å². The summed E-state index contributed by atoms with van der Waals surface area (Å²) in [7, 11) is 0. The number of nitrogens with one attached hydrogen (secondary N) is 1. The first-order chi connectivity index (χ1) is 15.8. The number of H-pyrrole nitrogens is 1. The molecule has 5 aromatic rings. The van der Waals surface area contributed by atoms with Crippen molar-refractivity contribution in [2.45, 2.75) is 13.0 Å². The third-order valence-corrected chi connectivity index (χ3v) is 5.80. The molecule has 32 heavy (non-hydrogen) atoms. The first-order valence-corrected chi connectivity index (χ1v) is 10.6. The van der Waals surface area contributed by atoms with Crippen LogP contribution < -0.4 is 4.90 Å². The zero-order chi connectivity index (χ0) is 21.5. The van der Waals surface area contributed by atoms with Crippen molar-refractivity contribution < 1.29 is 4.79 Å². The average molecular weight is 420 g/mol. The first kappa shape index (κ1) is 18.5. The van der Waals surface area contributed by atoms with E-state index < -0.39 is 0 Å². The van der Waals surface area contributed by atoms with Crippen molar-refractivity contribution in [1.82, 2.24) is 24.5 Å². The number of nitrogens with zero attached hydrogens (tertiary/aromatic N) is 5. The maximum absolute atomic E-state index is 13.5. The topological polar surface area (TPSA) is 79.7 Å². The fraction of sp³-hybridized carbons (Fsp3) is 0.120. The number of imidazole rings is 1. The predicted octanol–water partition coefficient (Wildman–Crippen LogP) is 4.54. The smallest absolute Gasteiger partial charge is 0.279 e. The highest BCUT2D eigenvalue weighted by Gasteiger charge is 2.27. The number of aromatic nitrogens is 5. The Morgan fingerprint density at radius 2 is 1.84 bits per heavy atom. The van der Waals surface area contributed by atoms with Crippen LogP contribution >= 0.6 is 0 Å². The normalized spacial score (nSPS) is 13.3. The van der Waals surface area contributed by atoms with E-state index in [4.69, 9.17) is 4.98 Å². The lowest BCUT2D eigenvalue weighted by Gasteiger charge is -2.26. The standard InChI is InChI=1S/C25H20N6O/c32-24(21-14-18(7-9-26-21)20-13-19-8-10-27-23(19)28-15-20)31-12-4-11-30-16-22(29-25(30)31)17-5-2-1-3-6-17/h1-3,5-10,13-16H,4,11-12H2,(H,27,28). The number of hydrogen-bond acceptors (Lipinski definition) is 4. The van der Waals surface area contributed by atoms with Crippen LogP contribution in [-0.2, 0) is 6.54 Å². The lowest BCUT2D eigenvalue weighted by Crippen LogP contribution is -2.38. The Morgan fingerprint density at radius 1 is 0.938 bits per heavy atom. The molecular weight excluding hydrogens is 400 g/mol. The van der Waals surface area contributed by atoms with Crippen LogP contribution in [0.5, 0.6) is 0 Å². The molecule has 0 spiro atoms. The predicted molar refractivity (Wildman–Crippen MR) is 123 cm³/mol. The highest BCUT2D eigenvalue weighted by atomic mass is 16.2. The SMILES string of the molecule is O=C(c1cc(-c2cnc3[nH]ccc3c2)ccn1)N1CCCn2cc(-c3ccccc3)nc21. The maximum Gasteiger partial charge on any atom is 0.279 e. The lowest BCUT2D eigenvalue weighted by atomic mass is 10.1. The van der Waals surface area contributed by atoms with Crippen molar-refractivity contribution in [3.63, 3.8) is 0 Å². The molecule has 0 aliphatic carbocycles. The Hall–Kier alpha value is -4.26. The Kier molecular flexibility index (Phi) is 4.31. The highest BCUT2D eigenvalue weighted by molar-refractivity contribution is 6.04. The van der Waals surface area contributed by atoms with Gasteiger partial charge in [0, 0.05) is 54.4 Å². The van der Waals surface area contributed by atoms with Gasteiger partial charge in [-0.1, -0.05) is 30.3 Å². The van der Waals surface area contributed by atoms with Gasteiger partial charge in [-0.3, -0.25) is 14.7 Å². The number of carbonyl (C=O) groups is 1. The number of fused-ring (bicyclic) bond motifs is 2. The number of rotatable bonds is 3. The van der Waals surface area contributed by atoms with Crippen molar-refractivity contribution in [2.24, 2.45) is 0 Å². The summed E-state index contributed by atoms with van der Waals surface area (Å²) in [4.78, 5) is 31.9. The quantitative estimate of drug-likeness (QED) is 0.465. The molecule has 0 saturated carbocycles. The van der Waals surface area contributed by atoms with E-state index >= 15 is 0 Å². The Bertz CT molecular complexity index is 1440. The van der Waals surface area contributed by atoms with Crippen LogP contribution in [-0.4, -0.2) is 37.0 Å². The molecule has 4 aromatic heterocycles. The summed E-state index contributed by atoms with van der Waals surface area (Å²) in [5.41, 5.74) is 5.00. The minimum absolute atomic E-state index is 0.145. The third kappa shape index (κ3) is 3.15. The third-order valence-electron chi connectivity index (χ3n) is 5.80. The number of pyridine rings is 2. The van der Waals surface area contributed by atoms with Crippen LogP contribution in [0.2, 0.25) is 0 Å². The molecule has 6 rings (SSSR count). The van der Waals surface area contributed by atoms with E-state index in [1.807, 2.05) is 67.1 Å².